The van der Waals surface area contributed by atoms with Gasteiger partial charge in [-0.2, -0.15) is 0 Å². The Labute approximate surface area is 112 Å². The first kappa shape index (κ1) is 12.5. The molecule has 0 spiro atoms. The molecule has 1 aliphatic heterocycles. The Bertz CT molecular complexity index is 409. The summed E-state index contributed by atoms with van der Waals surface area (Å²) >= 11 is 1.69. The van der Waals surface area contributed by atoms with Crippen LogP contribution in [0.5, 0.6) is 0 Å². The molecule has 3 unspecified atom stereocenters. The monoisotopic (exact) mass is 267 g/mol. The number of hydrogen-bond acceptors (Lipinski definition) is 5. The molecule has 18 heavy (non-hydrogen) atoms. The van der Waals surface area contributed by atoms with Gasteiger partial charge in [-0.25, -0.2) is 0 Å². The number of aromatic nitrogens is 2. The van der Waals surface area contributed by atoms with Crippen LogP contribution in [-0.2, 0) is 6.54 Å². The van der Waals surface area contributed by atoms with E-state index in [9.17, 15) is 5.11 Å². The van der Waals surface area contributed by atoms with E-state index in [1.165, 1.54) is 25.7 Å². The van der Waals surface area contributed by atoms with E-state index in [4.69, 9.17) is 0 Å². The highest BCUT2D eigenvalue weighted by molar-refractivity contribution is 7.11. The van der Waals surface area contributed by atoms with Crippen molar-refractivity contribution in [2.24, 2.45) is 5.92 Å². The molecule has 0 aromatic carbocycles. The van der Waals surface area contributed by atoms with Crippen molar-refractivity contribution in [2.45, 2.75) is 57.7 Å². The molecule has 100 valence electrons. The first-order valence-corrected chi connectivity index (χ1v) is 7.77. The van der Waals surface area contributed by atoms with Gasteiger partial charge in [0.05, 0.1) is 12.6 Å². The molecule has 1 aromatic heterocycles. The van der Waals surface area contributed by atoms with Crippen molar-refractivity contribution in [3.8, 4) is 0 Å². The Morgan fingerprint density at radius 3 is 2.83 bits per heavy atom. The highest BCUT2D eigenvalue weighted by Gasteiger charge is 2.38. The highest BCUT2D eigenvalue weighted by Crippen LogP contribution is 2.36. The first-order valence-electron chi connectivity index (χ1n) is 6.95. The van der Waals surface area contributed by atoms with E-state index in [-0.39, 0.29) is 6.10 Å². The van der Waals surface area contributed by atoms with Crippen LogP contribution in [0.1, 0.15) is 42.1 Å². The second kappa shape index (κ2) is 5.23. The van der Waals surface area contributed by atoms with Crippen molar-refractivity contribution in [1.29, 1.82) is 0 Å². The van der Waals surface area contributed by atoms with E-state index in [0.29, 0.717) is 12.0 Å². The lowest BCUT2D eigenvalue weighted by Gasteiger charge is -2.30. The van der Waals surface area contributed by atoms with Gasteiger partial charge in [-0.15, -0.1) is 21.5 Å². The zero-order valence-corrected chi connectivity index (χ0v) is 11.7. The van der Waals surface area contributed by atoms with Gasteiger partial charge in [0, 0.05) is 12.0 Å². The average Bonchev–Trinajstić information content (AvgIpc) is 3.02. The van der Waals surface area contributed by atoms with Gasteiger partial charge < -0.3 is 5.11 Å². The Kier molecular flexibility index (Phi) is 3.63. The van der Waals surface area contributed by atoms with Crippen LogP contribution < -0.4 is 0 Å². The van der Waals surface area contributed by atoms with E-state index in [1.54, 1.807) is 11.3 Å². The van der Waals surface area contributed by atoms with E-state index in [1.807, 2.05) is 6.92 Å². The third-order valence-corrected chi connectivity index (χ3v) is 5.17. The Hall–Kier alpha value is -0.520. The molecular weight excluding hydrogens is 246 g/mol. The van der Waals surface area contributed by atoms with Crippen LogP contribution in [0.15, 0.2) is 0 Å². The fourth-order valence-corrected chi connectivity index (χ4v) is 4.26. The quantitative estimate of drug-likeness (QED) is 0.909. The van der Waals surface area contributed by atoms with Gasteiger partial charge in [0.15, 0.2) is 0 Å². The Morgan fingerprint density at radius 1 is 1.28 bits per heavy atom. The summed E-state index contributed by atoms with van der Waals surface area (Å²) in [7, 11) is 0. The molecule has 3 rings (SSSR count). The van der Waals surface area contributed by atoms with Gasteiger partial charge in [0.2, 0.25) is 0 Å². The molecule has 0 bridgehead atoms. The van der Waals surface area contributed by atoms with Gasteiger partial charge in [-0.1, -0.05) is 6.42 Å². The first-order chi connectivity index (χ1) is 8.74. The number of aliphatic hydroxyl groups excluding tert-OH is 1. The number of rotatable bonds is 3. The molecule has 0 amide bonds. The Morgan fingerprint density at radius 2 is 2.17 bits per heavy atom. The summed E-state index contributed by atoms with van der Waals surface area (Å²) in [4.78, 5) is 2.51. The maximum atomic E-state index is 10.1. The lowest BCUT2D eigenvalue weighted by Crippen LogP contribution is -2.38. The molecule has 5 heteroatoms. The summed E-state index contributed by atoms with van der Waals surface area (Å²) in [5, 5.41) is 20.6. The van der Waals surface area contributed by atoms with Crippen LogP contribution in [0.25, 0.3) is 0 Å². The van der Waals surface area contributed by atoms with Gasteiger partial charge in [-0.05, 0) is 39.2 Å². The molecule has 1 aliphatic carbocycles. The van der Waals surface area contributed by atoms with Gasteiger partial charge >= 0.3 is 0 Å². The normalized spacial score (nSPS) is 33.3. The molecular formula is C13H21N3OS. The van der Waals surface area contributed by atoms with Crippen molar-refractivity contribution in [1.82, 2.24) is 15.1 Å². The van der Waals surface area contributed by atoms with E-state index < -0.39 is 0 Å². The molecule has 4 nitrogen and oxygen atoms in total. The standard InChI is InChI=1S/C13H21N3OS/c1-9-14-15-13(18-9)8-16-7-3-5-11(16)10-4-2-6-12(10)17/h10-12,17H,2-8H2,1H3. The summed E-state index contributed by atoms with van der Waals surface area (Å²) in [6.07, 6.45) is 5.79. The number of hydrogen-bond donors (Lipinski definition) is 1. The van der Waals surface area contributed by atoms with Crippen molar-refractivity contribution < 1.29 is 5.11 Å². The van der Waals surface area contributed by atoms with Gasteiger partial charge in [0.1, 0.15) is 10.0 Å². The minimum atomic E-state index is -0.0771. The van der Waals surface area contributed by atoms with Crippen LogP contribution in [0, 0.1) is 12.8 Å². The lowest BCUT2D eigenvalue weighted by molar-refractivity contribution is 0.0718. The topological polar surface area (TPSA) is 49.2 Å². The van der Waals surface area contributed by atoms with Crippen LogP contribution in [0.4, 0.5) is 0 Å². The van der Waals surface area contributed by atoms with Crippen molar-refractivity contribution >= 4 is 11.3 Å². The van der Waals surface area contributed by atoms with Gasteiger partial charge in [-0.3, -0.25) is 4.90 Å². The molecule has 1 saturated heterocycles. The summed E-state index contributed by atoms with van der Waals surface area (Å²) in [6, 6.07) is 0.562. The number of aliphatic hydroxyl groups is 1. The largest absolute Gasteiger partial charge is 0.393 e. The second-order valence-electron chi connectivity index (χ2n) is 5.56. The van der Waals surface area contributed by atoms with Crippen LogP contribution in [-0.4, -0.2) is 38.9 Å². The Balaban J connectivity index is 1.67. The van der Waals surface area contributed by atoms with Crippen molar-refractivity contribution in [3.63, 3.8) is 0 Å². The summed E-state index contributed by atoms with van der Waals surface area (Å²) in [6.45, 7) is 4.06. The zero-order chi connectivity index (χ0) is 12.5. The van der Waals surface area contributed by atoms with E-state index >= 15 is 0 Å². The summed E-state index contributed by atoms with van der Waals surface area (Å²) in [5.41, 5.74) is 0. The van der Waals surface area contributed by atoms with Crippen LogP contribution in [0.2, 0.25) is 0 Å². The molecule has 2 aliphatic rings. The number of likely N-dealkylation sites (tertiary alicyclic amines) is 1. The molecule has 1 aromatic rings. The predicted molar refractivity (Wildman–Crippen MR) is 71.4 cm³/mol. The fourth-order valence-electron chi connectivity index (χ4n) is 3.53. The molecule has 1 saturated carbocycles. The molecule has 1 N–H and O–H groups in total. The number of aryl methyl sites for hydroxylation is 1. The fraction of sp³-hybridized carbons (Fsp3) is 0.846. The second-order valence-corrected chi connectivity index (χ2v) is 6.82. The van der Waals surface area contributed by atoms with Gasteiger partial charge in [0.25, 0.3) is 0 Å². The predicted octanol–water partition coefficient (Wildman–Crippen LogP) is 1.97. The molecule has 2 fully saturated rings. The summed E-state index contributed by atoms with van der Waals surface area (Å²) < 4.78 is 0. The highest BCUT2D eigenvalue weighted by atomic mass is 32.1. The van der Waals surface area contributed by atoms with Crippen molar-refractivity contribution in [3.05, 3.63) is 10.0 Å². The average molecular weight is 267 g/mol. The van der Waals surface area contributed by atoms with Crippen molar-refractivity contribution in [2.75, 3.05) is 6.54 Å². The number of nitrogens with zero attached hydrogens (tertiary/aromatic N) is 3. The minimum Gasteiger partial charge on any atom is -0.393 e. The summed E-state index contributed by atoms with van der Waals surface area (Å²) in [5.74, 6) is 0.488. The maximum Gasteiger partial charge on any atom is 0.131 e. The molecule has 2 heterocycles. The minimum absolute atomic E-state index is 0.0771. The third kappa shape index (κ3) is 2.44. The van der Waals surface area contributed by atoms with Crippen LogP contribution in [0.3, 0.4) is 0 Å². The van der Waals surface area contributed by atoms with E-state index in [2.05, 4.69) is 15.1 Å². The smallest absolute Gasteiger partial charge is 0.131 e. The van der Waals surface area contributed by atoms with E-state index in [0.717, 1.165) is 29.5 Å². The third-order valence-electron chi connectivity index (χ3n) is 4.35. The lowest BCUT2D eigenvalue weighted by atomic mass is 9.94. The molecule has 3 atom stereocenters. The van der Waals surface area contributed by atoms with Crippen LogP contribution >= 0.6 is 11.3 Å². The molecule has 0 radical (unpaired) electrons. The zero-order valence-electron chi connectivity index (χ0n) is 10.9. The SMILES string of the molecule is Cc1nnc(CN2CCCC2C2CCCC2O)s1. The maximum absolute atomic E-state index is 10.1.